The Balaban J connectivity index is 1.40. The molecule has 2 aliphatic carbocycles. The molecule has 3 heteroatoms. The van der Waals surface area contributed by atoms with Gasteiger partial charge in [0.15, 0.2) is 0 Å². The molecule has 1 spiro atoms. The van der Waals surface area contributed by atoms with Crippen LogP contribution in [0.25, 0.3) is 0 Å². The monoisotopic (exact) mass is 225 g/mol. The lowest BCUT2D eigenvalue weighted by Gasteiger charge is -2.39. The lowest BCUT2D eigenvalue weighted by Crippen LogP contribution is -2.50. The van der Waals surface area contributed by atoms with Crippen molar-refractivity contribution in [3.8, 4) is 0 Å². The summed E-state index contributed by atoms with van der Waals surface area (Å²) in [5.74, 6) is 4.20. The summed E-state index contributed by atoms with van der Waals surface area (Å²) >= 11 is -0.462. The molecular weight excluding hydrogens is 206 g/mol. The van der Waals surface area contributed by atoms with Gasteiger partial charge < -0.3 is 4.55 Å². The lowest BCUT2D eigenvalue weighted by atomic mass is 9.91. The van der Waals surface area contributed by atoms with E-state index in [1.54, 1.807) is 0 Å². The van der Waals surface area contributed by atoms with Crippen LogP contribution in [0.2, 0.25) is 0 Å². The molecule has 4 aliphatic rings. The third-order valence-corrected chi connectivity index (χ3v) is 7.01. The normalized spacial score (nSPS) is 58.2. The SMILES string of the molecule is [O-][S+]1CC2(CCN(C3CC4CC4C3)C2)C1. The number of hydrogen-bond donors (Lipinski definition) is 0. The van der Waals surface area contributed by atoms with Crippen molar-refractivity contribution in [2.45, 2.75) is 31.7 Å². The Morgan fingerprint density at radius 3 is 2.53 bits per heavy atom. The van der Waals surface area contributed by atoms with E-state index >= 15 is 0 Å². The molecule has 0 N–H and O–H groups in total. The molecule has 0 aromatic rings. The predicted octanol–water partition coefficient (Wildman–Crippen LogP) is 1.24. The van der Waals surface area contributed by atoms with Gasteiger partial charge >= 0.3 is 0 Å². The molecule has 0 aromatic carbocycles. The van der Waals surface area contributed by atoms with Crippen molar-refractivity contribution in [2.24, 2.45) is 17.3 Å². The highest BCUT2D eigenvalue weighted by atomic mass is 32.2. The van der Waals surface area contributed by atoms with Crippen LogP contribution in [0.3, 0.4) is 0 Å². The molecule has 4 rings (SSSR count). The van der Waals surface area contributed by atoms with Crippen molar-refractivity contribution in [1.29, 1.82) is 0 Å². The average Bonchev–Trinajstić information content (AvgIpc) is 2.65. The van der Waals surface area contributed by atoms with Crippen molar-refractivity contribution in [1.82, 2.24) is 4.90 Å². The molecule has 0 radical (unpaired) electrons. The molecule has 0 amide bonds. The number of fused-ring (bicyclic) bond motifs is 1. The van der Waals surface area contributed by atoms with Crippen LogP contribution < -0.4 is 0 Å². The first-order valence-electron chi connectivity index (χ1n) is 6.33. The van der Waals surface area contributed by atoms with E-state index in [1.807, 2.05) is 0 Å². The fraction of sp³-hybridized carbons (Fsp3) is 1.00. The third-order valence-electron chi connectivity index (χ3n) is 5.14. The number of nitrogens with zero attached hydrogens (tertiary/aromatic N) is 1. The van der Waals surface area contributed by atoms with Crippen molar-refractivity contribution < 1.29 is 4.55 Å². The van der Waals surface area contributed by atoms with Gasteiger partial charge in [-0.15, -0.1) is 0 Å². The highest BCUT2D eigenvalue weighted by molar-refractivity contribution is 7.92. The third kappa shape index (κ3) is 1.39. The van der Waals surface area contributed by atoms with Crippen LogP contribution in [0.5, 0.6) is 0 Å². The van der Waals surface area contributed by atoms with Crippen LogP contribution in [0.15, 0.2) is 0 Å². The topological polar surface area (TPSA) is 26.3 Å². The van der Waals surface area contributed by atoms with Gasteiger partial charge in [-0.25, -0.2) is 0 Å². The zero-order valence-corrected chi connectivity index (χ0v) is 9.97. The van der Waals surface area contributed by atoms with E-state index in [2.05, 4.69) is 4.90 Å². The number of hydrogen-bond acceptors (Lipinski definition) is 2. The largest absolute Gasteiger partial charge is 0.616 e. The molecule has 2 unspecified atom stereocenters. The molecule has 0 aromatic heterocycles. The second-order valence-electron chi connectivity index (χ2n) is 6.33. The van der Waals surface area contributed by atoms with Crippen LogP contribution in [0, 0.1) is 17.3 Å². The zero-order valence-electron chi connectivity index (χ0n) is 9.15. The molecule has 84 valence electrons. The Hall–Kier alpha value is 0.270. The van der Waals surface area contributed by atoms with Gasteiger partial charge in [-0.05, 0) is 44.1 Å². The van der Waals surface area contributed by atoms with Gasteiger partial charge in [0.05, 0.1) is 5.41 Å². The summed E-state index contributed by atoms with van der Waals surface area (Å²) in [5.41, 5.74) is 0.498. The summed E-state index contributed by atoms with van der Waals surface area (Å²) < 4.78 is 11.2. The Morgan fingerprint density at radius 1 is 1.13 bits per heavy atom. The second-order valence-corrected chi connectivity index (χ2v) is 7.79. The van der Waals surface area contributed by atoms with Crippen molar-refractivity contribution in [2.75, 3.05) is 24.6 Å². The number of likely N-dealkylation sites (tertiary alicyclic amines) is 1. The van der Waals surface area contributed by atoms with Gasteiger partial charge in [0.1, 0.15) is 11.5 Å². The molecule has 15 heavy (non-hydrogen) atoms. The Kier molecular flexibility index (Phi) is 1.82. The van der Waals surface area contributed by atoms with Crippen molar-refractivity contribution >= 4 is 11.2 Å². The maximum atomic E-state index is 11.2. The van der Waals surface area contributed by atoms with E-state index < -0.39 is 11.2 Å². The minimum Gasteiger partial charge on any atom is -0.616 e. The van der Waals surface area contributed by atoms with Gasteiger partial charge in [-0.1, -0.05) is 11.2 Å². The van der Waals surface area contributed by atoms with Crippen LogP contribution in [-0.2, 0) is 11.2 Å². The molecule has 2 saturated heterocycles. The van der Waals surface area contributed by atoms with E-state index in [1.165, 1.54) is 38.8 Å². The Morgan fingerprint density at radius 2 is 1.87 bits per heavy atom. The fourth-order valence-corrected chi connectivity index (χ4v) is 5.89. The summed E-state index contributed by atoms with van der Waals surface area (Å²) in [6.45, 7) is 2.56. The summed E-state index contributed by atoms with van der Waals surface area (Å²) in [4.78, 5) is 2.72. The van der Waals surface area contributed by atoms with E-state index in [0.717, 1.165) is 29.4 Å². The smallest absolute Gasteiger partial charge is 0.117 e. The maximum absolute atomic E-state index is 11.2. The van der Waals surface area contributed by atoms with Crippen LogP contribution in [0.4, 0.5) is 0 Å². The summed E-state index contributed by atoms with van der Waals surface area (Å²) in [7, 11) is 0. The minimum atomic E-state index is -0.462. The van der Waals surface area contributed by atoms with E-state index in [-0.39, 0.29) is 0 Å². The summed E-state index contributed by atoms with van der Waals surface area (Å²) in [6.07, 6.45) is 5.80. The zero-order chi connectivity index (χ0) is 10.0. The molecule has 2 aliphatic heterocycles. The molecule has 4 fully saturated rings. The van der Waals surface area contributed by atoms with Crippen molar-refractivity contribution in [3.63, 3.8) is 0 Å². The highest BCUT2D eigenvalue weighted by Crippen LogP contribution is 2.54. The maximum Gasteiger partial charge on any atom is 0.117 e. The first kappa shape index (κ1) is 9.32. The number of rotatable bonds is 1. The van der Waals surface area contributed by atoms with Crippen LogP contribution >= 0.6 is 0 Å². The Labute approximate surface area is 94.6 Å². The van der Waals surface area contributed by atoms with Gasteiger partial charge in [-0.2, -0.15) is 0 Å². The van der Waals surface area contributed by atoms with Crippen molar-refractivity contribution in [3.05, 3.63) is 0 Å². The molecule has 0 bridgehead atoms. The van der Waals surface area contributed by atoms with Gasteiger partial charge in [0, 0.05) is 12.6 Å². The van der Waals surface area contributed by atoms with E-state index in [0.29, 0.717) is 5.41 Å². The predicted molar refractivity (Wildman–Crippen MR) is 61.1 cm³/mol. The lowest BCUT2D eigenvalue weighted by molar-refractivity contribution is 0.204. The minimum absolute atomic E-state index is 0.462. The standard InChI is InChI=1S/C12H19NOS/c14-15-7-12(8-15)1-2-13(6-12)11-4-9-3-10(9)5-11/h9-11H,1-8H2. The molecule has 2 saturated carbocycles. The first-order valence-corrected chi connectivity index (χ1v) is 7.82. The van der Waals surface area contributed by atoms with E-state index in [4.69, 9.17) is 0 Å². The van der Waals surface area contributed by atoms with E-state index in [9.17, 15) is 4.55 Å². The molecular formula is C12H19NOS. The highest BCUT2D eigenvalue weighted by Gasteiger charge is 2.55. The quantitative estimate of drug-likeness (QED) is 0.628. The Bertz CT molecular complexity index is 279. The molecule has 2 nitrogen and oxygen atoms in total. The van der Waals surface area contributed by atoms with Gasteiger partial charge in [0.2, 0.25) is 0 Å². The van der Waals surface area contributed by atoms with Gasteiger partial charge in [0.25, 0.3) is 0 Å². The van der Waals surface area contributed by atoms with Gasteiger partial charge in [-0.3, -0.25) is 4.90 Å². The average molecular weight is 225 g/mol. The first-order chi connectivity index (χ1) is 7.24. The van der Waals surface area contributed by atoms with Crippen LogP contribution in [0.1, 0.15) is 25.7 Å². The summed E-state index contributed by atoms with van der Waals surface area (Å²) in [6, 6.07) is 0.905. The fourth-order valence-electron chi connectivity index (χ4n) is 4.14. The second kappa shape index (κ2) is 2.93. The summed E-state index contributed by atoms with van der Waals surface area (Å²) in [5, 5.41) is 0. The molecule has 2 heterocycles. The van der Waals surface area contributed by atoms with Crippen LogP contribution in [-0.4, -0.2) is 40.1 Å². The molecule has 2 atom stereocenters.